The number of aliphatic hydroxyl groups excluding tert-OH is 1. The second kappa shape index (κ2) is 12.5. The van der Waals surface area contributed by atoms with Crippen LogP contribution >= 0.6 is 0 Å². The van der Waals surface area contributed by atoms with Crippen molar-refractivity contribution in [2.45, 2.75) is 110 Å². The van der Waals surface area contributed by atoms with Gasteiger partial charge in [-0.2, -0.15) is 0 Å². The summed E-state index contributed by atoms with van der Waals surface area (Å²) in [4.78, 5) is 12.7. The molecule has 0 spiro atoms. The van der Waals surface area contributed by atoms with Gasteiger partial charge < -0.3 is 19.5 Å². The molecule has 0 aromatic rings. The fraction of sp³-hybridized carbons (Fsp3) is 0.969. The van der Waals surface area contributed by atoms with Crippen LogP contribution in [0.3, 0.4) is 0 Å². The molecule has 232 valence electrons. The molecule has 4 rings (SSSR count). The van der Waals surface area contributed by atoms with Crippen molar-refractivity contribution in [3.8, 4) is 0 Å². The van der Waals surface area contributed by atoms with Gasteiger partial charge in [-0.1, -0.05) is 20.8 Å². The largest absolute Gasteiger partial charge is 0.748 e. The standard InChI is InChI=1S/C32H58N2O5S/c1-23(8-15-30(36)33-18-6-19-34(4,5)20-7-21-40(37,38)39)27-13-14-28-26-12-10-24-9-11-25(35)22-32(24,3)29(26)16-17-31(27,28)2/h23-29,35H,6-22H2,1-5H3,(H-,33,36,37,38,39)/t23-,24?,25?,26?,27-,28?,29?,31-,32+/m1/s1. The predicted molar refractivity (Wildman–Crippen MR) is 158 cm³/mol. The number of carbonyl (C=O) groups excluding carboxylic acids is 1. The Kier molecular flexibility index (Phi) is 10.1. The summed E-state index contributed by atoms with van der Waals surface area (Å²) in [5.41, 5.74) is 0.720. The smallest absolute Gasteiger partial charge is 0.220 e. The molecule has 40 heavy (non-hydrogen) atoms. The highest BCUT2D eigenvalue weighted by atomic mass is 32.2. The maximum absolute atomic E-state index is 12.7. The van der Waals surface area contributed by atoms with Crippen LogP contribution in [0.5, 0.6) is 0 Å². The third-order valence-electron chi connectivity index (χ3n) is 12.6. The zero-order valence-electron chi connectivity index (χ0n) is 26.0. The summed E-state index contributed by atoms with van der Waals surface area (Å²) in [7, 11) is -0.0807. The van der Waals surface area contributed by atoms with Crippen LogP contribution in [0.25, 0.3) is 0 Å². The average molecular weight is 583 g/mol. The van der Waals surface area contributed by atoms with Crippen molar-refractivity contribution in [3.63, 3.8) is 0 Å². The van der Waals surface area contributed by atoms with Crippen LogP contribution in [0, 0.1) is 46.3 Å². The van der Waals surface area contributed by atoms with E-state index < -0.39 is 10.1 Å². The van der Waals surface area contributed by atoms with Gasteiger partial charge in [-0.25, -0.2) is 8.42 Å². The quantitative estimate of drug-likeness (QED) is 0.193. The van der Waals surface area contributed by atoms with Crippen LogP contribution < -0.4 is 5.32 Å². The van der Waals surface area contributed by atoms with Gasteiger partial charge in [0.1, 0.15) is 0 Å². The second-order valence-corrected chi connectivity index (χ2v) is 17.1. The minimum absolute atomic E-state index is 0.0999. The number of fused-ring (bicyclic) bond motifs is 5. The normalized spacial score (nSPS) is 38.7. The first-order valence-electron chi connectivity index (χ1n) is 16.3. The Hall–Kier alpha value is -0.700. The lowest BCUT2D eigenvalue weighted by Gasteiger charge is -2.61. The highest BCUT2D eigenvalue weighted by Crippen LogP contribution is 2.68. The maximum Gasteiger partial charge on any atom is 0.220 e. The molecule has 4 fully saturated rings. The molecule has 0 radical (unpaired) electrons. The number of carbonyl (C=O) groups is 1. The van der Waals surface area contributed by atoms with Crippen molar-refractivity contribution in [3.05, 3.63) is 0 Å². The summed E-state index contributed by atoms with van der Waals surface area (Å²) in [5, 5.41) is 13.7. The lowest BCUT2D eigenvalue weighted by Crippen LogP contribution is -2.54. The first kappa shape index (κ1) is 32.2. The van der Waals surface area contributed by atoms with E-state index >= 15 is 0 Å². The molecule has 1 amide bonds. The average Bonchev–Trinajstić information content (AvgIpc) is 3.21. The Morgan fingerprint density at radius 1 is 1.00 bits per heavy atom. The Morgan fingerprint density at radius 2 is 1.68 bits per heavy atom. The van der Waals surface area contributed by atoms with E-state index in [-0.39, 0.29) is 17.8 Å². The molecule has 4 aliphatic rings. The number of hydrogen-bond acceptors (Lipinski definition) is 5. The number of nitrogens with one attached hydrogen (secondary N) is 1. The lowest BCUT2D eigenvalue weighted by atomic mass is 9.44. The van der Waals surface area contributed by atoms with E-state index in [9.17, 15) is 22.9 Å². The van der Waals surface area contributed by atoms with Crippen molar-refractivity contribution in [1.29, 1.82) is 0 Å². The fourth-order valence-corrected chi connectivity index (χ4v) is 11.0. The van der Waals surface area contributed by atoms with Crippen molar-refractivity contribution in [1.82, 2.24) is 5.32 Å². The molecule has 0 aliphatic heterocycles. The van der Waals surface area contributed by atoms with Crippen LogP contribution in [0.2, 0.25) is 0 Å². The highest BCUT2D eigenvalue weighted by molar-refractivity contribution is 7.85. The van der Waals surface area contributed by atoms with Crippen LogP contribution in [-0.4, -0.2) is 74.1 Å². The molecule has 8 heteroatoms. The van der Waals surface area contributed by atoms with Gasteiger partial charge in [0, 0.05) is 31.6 Å². The van der Waals surface area contributed by atoms with Gasteiger partial charge in [0.05, 0.1) is 43.4 Å². The minimum atomic E-state index is -4.15. The summed E-state index contributed by atoms with van der Waals surface area (Å²) in [6.45, 7) is 9.59. The van der Waals surface area contributed by atoms with E-state index in [0.717, 1.165) is 55.9 Å². The second-order valence-electron chi connectivity index (χ2n) is 15.5. The van der Waals surface area contributed by atoms with Gasteiger partial charge in [-0.05, 0) is 111 Å². The zero-order valence-corrected chi connectivity index (χ0v) is 26.8. The van der Waals surface area contributed by atoms with E-state index in [1.54, 1.807) is 0 Å². The monoisotopic (exact) mass is 582 g/mol. The molecule has 2 N–H and O–H groups in total. The third kappa shape index (κ3) is 7.26. The van der Waals surface area contributed by atoms with Crippen LogP contribution in [0.15, 0.2) is 0 Å². The number of aliphatic hydroxyl groups is 1. The number of rotatable bonds is 12. The summed E-state index contributed by atoms with van der Waals surface area (Å²) < 4.78 is 33.2. The van der Waals surface area contributed by atoms with E-state index in [1.165, 1.54) is 44.9 Å². The fourth-order valence-electron chi connectivity index (χ4n) is 10.5. The molecular formula is C32H58N2O5S. The van der Waals surface area contributed by atoms with Crippen molar-refractivity contribution >= 4 is 16.0 Å². The van der Waals surface area contributed by atoms with Gasteiger partial charge in [0.25, 0.3) is 0 Å². The number of amides is 1. The van der Waals surface area contributed by atoms with Gasteiger partial charge in [0.2, 0.25) is 5.91 Å². The Balaban J connectivity index is 1.21. The Bertz CT molecular complexity index is 986. The van der Waals surface area contributed by atoms with E-state index in [4.69, 9.17) is 0 Å². The topological polar surface area (TPSA) is 107 Å². The minimum Gasteiger partial charge on any atom is -0.748 e. The summed E-state index contributed by atoms with van der Waals surface area (Å²) in [5.74, 6) is 4.29. The molecular weight excluding hydrogens is 524 g/mol. The molecule has 4 saturated carbocycles. The van der Waals surface area contributed by atoms with E-state index in [2.05, 4.69) is 26.1 Å². The molecule has 0 heterocycles. The van der Waals surface area contributed by atoms with Crippen LogP contribution in [-0.2, 0) is 14.9 Å². The van der Waals surface area contributed by atoms with Gasteiger partial charge in [-0.3, -0.25) is 4.79 Å². The maximum atomic E-state index is 12.7. The first-order valence-corrected chi connectivity index (χ1v) is 17.9. The van der Waals surface area contributed by atoms with E-state index in [1.807, 2.05) is 14.1 Å². The summed E-state index contributed by atoms with van der Waals surface area (Å²) in [6.07, 6.45) is 13.9. The highest BCUT2D eigenvalue weighted by Gasteiger charge is 2.60. The van der Waals surface area contributed by atoms with Gasteiger partial charge in [-0.15, -0.1) is 0 Å². The van der Waals surface area contributed by atoms with Gasteiger partial charge in [0.15, 0.2) is 0 Å². The number of hydrogen-bond donors (Lipinski definition) is 2. The van der Waals surface area contributed by atoms with E-state index in [0.29, 0.717) is 53.1 Å². The zero-order chi connectivity index (χ0) is 29.3. The number of nitrogens with zero attached hydrogens (tertiary/aromatic N) is 1. The molecule has 5 unspecified atom stereocenters. The van der Waals surface area contributed by atoms with Crippen molar-refractivity contribution in [2.24, 2.45) is 46.3 Å². The predicted octanol–water partition coefficient (Wildman–Crippen LogP) is 4.94. The van der Waals surface area contributed by atoms with Crippen LogP contribution in [0.1, 0.15) is 104 Å². The number of quaternary nitrogens is 1. The first-order chi connectivity index (χ1) is 18.6. The molecule has 0 bridgehead atoms. The lowest BCUT2D eigenvalue weighted by molar-refractivity contribution is -0.890. The van der Waals surface area contributed by atoms with Gasteiger partial charge >= 0.3 is 0 Å². The Labute approximate surface area is 244 Å². The molecule has 0 saturated heterocycles. The molecule has 9 atom stereocenters. The Morgan fingerprint density at radius 3 is 2.40 bits per heavy atom. The summed E-state index contributed by atoms with van der Waals surface area (Å²) in [6, 6.07) is 0. The van der Waals surface area contributed by atoms with Crippen LogP contribution in [0.4, 0.5) is 0 Å². The summed E-state index contributed by atoms with van der Waals surface area (Å²) >= 11 is 0. The SMILES string of the molecule is C[C@H](CCC(=O)NCCC[N+](C)(C)CCCS(=O)(=O)[O-])[C@H]1CCC2C3CCC4CCC(O)C[C@]4(C)C3CC[C@@]21C. The molecule has 4 aliphatic carbocycles. The van der Waals surface area contributed by atoms with Crippen molar-refractivity contribution in [2.75, 3.05) is 39.5 Å². The third-order valence-corrected chi connectivity index (χ3v) is 13.4. The molecule has 0 aromatic heterocycles. The van der Waals surface area contributed by atoms with Crippen molar-refractivity contribution < 1.29 is 27.4 Å². The molecule has 0 aromatic carbocycles. The molecule has 7 nitrogen and oxygen atoms in total.